The van der Waals surface area contributed by atoms with Crippen molar-refractivity contribution in [2.45, 2.75) is 152 Å². The molecule has 0 amide bonds. The van der Waals surface area contributed by atoms with Crippen LogP contribution in [0.15, 0.2) is 0 Å². The van der Waals surface area contributed by atoms with Crippen molar-refractivity contribution in [3.05, 3.63) is 10.6 Å². The fraction of sp³-hybridized carbons (Fsp3) is 1.00. The predicted molar refractivity (Wildman–Crippen MR) is 163 cm³/mol. The minimum absolute atomic E-state index is 0. The summed E-state index contributed by atoms with van der Waals surface area (Å²) in [6.07, 6.45) is 24.5. The number of hydrogen-bond donors (Lipinski definition) is 6. The Bertz CT molecular complexity index is 723. The smallest absolute Gasteiger partial charge is 1.00 e. The number of hydrogen-bond acceptors (Lipinski definition) is 6. The van der Waals surface area contributed by atoms with E-state index >= 15 is 0 Å². The molecule has 0 aromatic carbocycles. The van der Waals surface area contributed by atoms with Crippen LogP contribution in [0.2, 0.25) is 0 Å². The molecule has 9 fully saturated rings. The van der Waals surface area contributed by atoms with E-state index in [1.165, 1.54) is 103 Å². The maximum Gasteiger partial charge on any atom is 3.00 e. The van der Waals surface area contributed by atoms with Gasteiger partial charge in [0.05, 0.1) is 24.7 Å². The molecule has 4 saturated carbocycles. The third kappa shape index (κ3) is 5.37. The summed E-state index contributed by atoms with van der Waals surface area (Å²) in [4.78, 5) is 0. The molecule has 9 aliphatic rings. The van der Waals surface area contributed by atoms with Gasteiger partial charge in [0.15, 0.2) is 0 Å². The van der Waals surface area contributed by atoms with Crippen molar-refractivity contribution >= 4 is 17.4 Å². The van der Waals surface area contributed by atoms with Crippen LogP contribution in [0.25, 0.3) is 10.6 Å². The minimum atomic E-state index is 0. The molecule has 5 heterocycles. The number of rotatable bonds is 0. The Morgan fingerprint density at radius 2 is 0.548 bits per heavy atom. The molecular weight excluding hydrogens is 559 g/mol. The van der Waals surface area contributed by atoms with E-state index in [0.717, 1.165) is 23.7 Å². The Balaban J connectivity index is 0.00000144. The van der Waals surface area contributed by atoms with E-state index in [1.807, 2.05) is 0 Å². The van der Waals surface area contributed by atoms with E-state index in [2.05, 4.69) is 31.9 Å². The first-order valence-corrected chi connectivity index (χ1v) is 17.8. The van der Waals surface area contributed by atoms with Crippen molar-refractivity contribution in [3.63, 3.8) is 0 Å². The van der Waals surface area contributed by atoms with E-state index in [-0.39, 0.29) is 54.4 Å². The molecule has 5 aliphatic heterocycles. The molecule has 16 unspecified atom stereocenters. The predicted octanol–water partition coefficient (Wildman–Crippen LogP) is 0.797. The Hall–Kier alpha value is 0.502. The SMILES string of the molecule is C1CCC2C3[N-]C(NC4[N-]C(NC5NC(NC6NC(N3)C3CCCCC63)C3CCCCC53)C3CCCCC43)C2C1.[Al+3].[Cl-]. The molecule has 0 aromatic rings. The van der Waals surface area contributed by atoms with Crippen LogP contribution in [0.5, 0.6) is 0 Å². The standard InChI is InChI=1S/C32H54N8.Al.ClH/c1-2-10-18-17(9-1)25-33-26(18)38-28-21-13-5-6-14-22(21)30(35-28)40-32-24-16-8-7-15-23(24)31(36-32)39-29-20-12-4-3-11-19(20)27(34-29)37-25;;/h17-34,37-40H,1-16H2;;1H/q-2;+3;/p-1. The normalized spacial score (nSPS) is 54.9. The van der Waals surface area contributed by atoms with Crippen LogP contribution < -0.4 is 44.3 Å². The zero-order valence-corrected chi connectivity index (χ0v) is 27.3. The molecule has 9 rings (SSSR count). The van der Waals surface area contributed by atoms with Crippen molar-refractivity contribution in [1.29, 1.82) is 0 Å². The summed E-state index contributed by atoms with van der Waals surface area (Å²) in [5.41, 5.74) is 0. The average Bonchev–Trinajstić information content (AvgIpc) is 3.73. The number of fused-ring (bicyclic) bond motifs is 20. The van der Waals surface area contributed by atoms with Crippen LogP contribution in [0.3, 0.4) is 0 Å². The molecule has 0 radical (unpaired) electrons. The summed E-state index contributed by atoms with van der Waals surface area (Å²) in [5.74, 6) is 5.59. The van der Waals surface area contributed by atoms with Crippen molar-refractivity contribution in [2.24, 2.45) is 47.3 Å². The maximum absolute atomic E-state index is 5.60. The summed E-state index contributed by atoms with van der Waals surface area (Å²) >= 11 is 0. The van der Waals surface area contributed by atoms with Gasteiger partial charge >= 0.3 is 17.4 Å². The van der Waals surface area contributed by atoms with Gasteiger partial charge in [0.25, 0.3) is 0 Å². The zero-order chi connectivity index (χ0) is 26.2. The third-order valence-corrected chi connectivity index (χ3v) is 13.6. The molecule has 10 heteroatoms. The van der Waals surface area contributed by atoms with Gasteiger partial charge in [-0.05, 0) is 73.0 Å². The van der Waals surface area contributed by atoms with Crippen LogP contribution in [-0.4, -0.2) is 66.7 Å². The second kappa shape index (κ2) is 13.0. The van der Waals surface area contributed by atoms with E-state index in [1.54, 1.807) is 0 Å². The molecule has 6 N–H and O–H groups in total. The Labute approximate surface area is 270 Å². The first-order valence-electron chi connectivity index (χ1n) is 17.8. The molecule has 8 nitrogen and oxygen atoms in total. The second-order valence-corrected chi connectivity index (χ2v) is 15.4. The molecule has 0 aromatic heterocycles. The Morgan fingerprint density at radius 3 is 0.857 bits per heavy atom. The minimum Gasteiger partial charge on any atom is -1.00 e. The molecule has 16 atom stereocenters. The largest absolute Gasteiger partial charge is 3.00 e. The maximum atomic E-state index is 5.60. The quantitative estimate of drug-likeness (QED) is 0.227. The van der Waals surface area contributed by atoms with Gasteiger partial charge in [-0.25, -0.2) is 0 Å². The van der Waals surface area contributed by atoms with Gasteiger partial charge in [0, 0.05) is 0 Å². The van der Waals surface area contributed by atoms with Crippen molar-refractivity contribution < 1.29 is 12.4 Å². The molecular formula is C32H54AlClN8. The van der Waals surface area contributed by atoms with Crippen LogP contribution >= 0.6 is 0 Å². The molecule has 5 saturated heterocycles. The van der Waals surface area contributed by atoms with Crippen molar-refractivity contribution in [2.75, 3.05) is 0 Å². The van der Waals surface area contributed by atoms with Crippen LogP contribution in [-0.2, 0) is 0 Å². The topological polar surface area (TPSA) is 100 Å². The van der Waals surface area contributed by atoms with Crippen LogP contribution in [0.1, 0.15) is 103 Å². The number of halogens is 1. The van der Waals surface area contributed by atoms with Crippen molar-refractivity contribution in [1.82, 2.24) is 31.9 Å². The summed E-state index contributed by atoms with van der Waals surface area (Å²) in [6.45, 7) is 0. The first kappa shape index (κ1) is 31.1. The summed E-state index contributed by atoms with van der Waals surface area (Å²) in [7, 11) is 0. The van der Waals surface area contributed by atoms with E-state index in [9.17, 15) is 0 Å². The first-order chi connectivity index (χ1) is 19.8. The molecule has 8 bridgehead atoms. The monoisotopic (exact) mass is 612 g/mol. The van der Waals surface area contributed by atoms with Gasteiger partial charge in [0.1, 0.15) is 0 Å². The van der Waals surface area contributed by atoms with Crippen molar-refractivity contribution in [3.8, 4) is 0 Å². The van der Waals surface area contributed by atoms with E-state index < -0.39 is 0 Å². The van der Waals surface area contributed by atoms with Crippen LogP contribution in [0.4, 0.5) is 0 Å². The molecule has 232 valence electrons. The number of nitrogens with zero attached hydrogens (tertiary/aromatic N) is 2. The Morgan fingerprint density at radius 1 is 0.310 bits per heavy atom. The van der Waals surface area contributed by atoms with Gasteiger partial charge in [-0.2, -0.15) is 0 Å². The molecule has 4 aliphatic carbocycles. The fourth-order valence-corrected chi connectivity index (χ4v) is 11.7. The second-order valence-electron chi connectivity index (χ2n) is 15.4. The van der Waals surface area contributed by atoms with Gasteiger partial charge in [-0.3, -0.25) is 16.0 Å². The third-order valence-electron chi connectivity index (χ3n) is 13.6. The van der Waals surface area contributed by atoms with E-state index in [0.29, 0.717) is 48.3 Å². The van der Waals surface area contributed by atoms with Crippen LogP contribution in [0, 0.1) is 47.3 Å². The summed E-state index contributed by atoms with van der Waals surface area (Å²) in [6, 6.07) is 0. The fourth-order valence-electron chi connectivity index (χ4n) is 11.7. The zero-order valence-electron chi connectivity index (χ0n) is 25.4. The van der Waals surface area contributed by atoms with E-state index in [4.69, 9.17) is 10.6 Å². The van der Waals surface area contributed by atoms with Gasteiger partial charge < -0.3 is 39.0 Å². The summed E-state index contributed by atoms with van der Waals surface area (Å²) in [5, 5.41) is 36.3. The van der Waals surface area contributed by atoms with Gasteiger partial charge in [-0.15, -0.1) is 0 Å². The van der Waals surface area contributed by atoms with Gasteiger partial charge in [-0.1, -0.05) is 102 Å². The summed E-state index contributed by atoms with van der Waals surface area (Å²) < 4.78 is 0. The molecule has 42 heavy (non-hydrogen) atoms. The average molecular weight is 613 g/mol. The number of nitrogens with one attached hydrogen (secondary N) is 6. The molecule has 0 spiro atoms. The van der Waals surface area contributed by atoms with Gasteiger partial charge in [0.2, 0.25) is 0 Å². The Kier molecular flexibility index (Phi) is 9.60.